The Morgan fingerprint density at radius 3 is 2.57 bits per heavy atom. The van der Waals surface area contributed by atoms with Gasteiger partial charge < -0.3 is 14.4 Å². The number of esters is 1. The van der Waals surface area contributed by atoms with E-state index in [0.717, 1.165) is 0 Å². The van der Waals surface area contributed by atoms with Crippen LogP contribution in [0.25, 0.3) is 0 Å². The molecule has 0 N–H and O–H groups in total. The van der Waals surface area contributed by atoms with Crippen molar-refractivity contribution >= 4 is 11.9 Å². The molecule has 7 heteroatoms. The molecule has 3 aromatic rings. The molecule has 3 rings (SSSR count). The van der Waals surface area contributed by atoms with Crippen molar-refractivity contribution in [3.8, 4) is 11.6 Å². The monoisotopic (exact) mass is 408 g/mol. The summed E-state index contributed by atoms with van der Waals surface area (Å²) in [6.07, 6.45) is 1.50. The Kier molecular flexibility index (Phi) is 7.10. The Bertz CT molecular complexity index is 1010. The Morgan fingerprint density at radius 2 is 1.83 bits per heavy atom. The largest absolute Gasteiger partial charge is 0.452 e. The Balaban J connectivity index is 1.62. The van der Waals surface area contributed by atoms with Crippen LogP contribution >= 0.6 is 0 Å². The highest BCUT2D eigenvalue weighted by Crippen LogP contribution is 2.23. The molecule has 154 valence electrons. The fourth-order valence-electron chi connectivity index (χ4n) is 2.76. The van der Waals surface area contributed by atoms with Crippen molar-refractivity contribution < 1.29 is 23.5 Å². The van der Waals surface area contributed by atoms with E-state index in [1.54, 1.807) is 49.4 Å². The summed E-state index contributed by atoms with van der Waals surface area (Å²) in [5.74, 6) is -0.861. The van der Waals surface area contributed by atoms with Crippen molar-refractivity contribution in [3.63, 3.8) is 0 Å². The van der Waals surface area contributed by atoms with Crippen LogP contribution in [-0.2, 0) is 16.1 Å². The second-order valence-electron chi connectivity index (χ2n) is 6.39. The average Bonchev–Trinajstić information content (AvgIpc) is 2.76. The topological polar surface area (TPSA) is 68.7 Å². The SMILES string of the molecule is CCN(Cc1cccc(F)c1)C(=O)COC(=O)c1cccnc1Oc1ccccc1. The lowest BCUT2D eigenvalue weighted by atomic mass is 10.2. The molecule has 0 saturated heterocycles. The van der Waals surface area contributed by atoms with E-state index in [9.17, 15) is 14.0 Å². The molecule has 0 unspecified atom stereocenters. The maximum absolute atomic E-state index is 13.4. The van der Waals surface area contributed by atoms with Gasteiger partial charge >= 0.3 is 5.97 Å². The van der Waals surface area contributed by atoms with Gasteiger partial charge in [0.25, 0.3) is 5.91 Å². The van der Waals surface area contributed by atoms with Gasteiger partial charge in [0.1, 0.15) is 17.1 Å². The van der Waals surface area contributed by atoms with Crippen LogP contribution < -0.4 is 4.74 Å². The summed E-state index contributed by atoms with van der Waals surface area (Å²) in [7, 11) is 0. The molecule has 0 aliphatic heterocycles. The van der Waals surface area contributed by atoms with Gasteiger partial charge in [0, 0.05) is 19.3 Å². The third-order valence-corrected chi connectivity index (χ3v) is 4.27. The zero-order chi connectivity index (χ0) is 21.3. The number of aromatic nitrogens is 1. The van der Waals surface area contributed by atoms with Crippen LogP contribution in [0.4, 0.5) is 4.39 Å². The van der Waals surface area contributed by atoms with Crippen molar-refractivity contribution in [2.24, 2.45) is 0 Å². The molecule has 0 saturated carbocycles. The highest BCUT2D eigenvalue weighted by molar-refractivity contribution is 5.93. The summed E-state index contributed by atoms with van der Waals surface area (Å²) in [4.78, 5) is 30.6. The number of halogens is 1. The fourth-order valence-corrected chi connectivity index (χ4v) is 2.76. The van der Waals surface area contributed by atoms with Crippen molar-refractivity contribution in [1.82, 2.24) is 9.88 Å². The number of rotatable bonds is 8. The second kappa shape index (κ2) is 10.2. The number of carbonyl (C=O) groups is 2. The predicted molar refractivity (Wildman–Crippen MR) is 109 cm³/mol. The van der Waals surface area contributed by atoms with Crippen LogP contribution in [0.15, 0.2) is 72.9 Å². The lowest BCUT2D eigenvalue weighted by Gasteiger charge is -2.21. The van der Waals surface area contributed by atoms with E-state index in [4.69, 9.17) is 9.47 Å². The number of para-hydroxylation sites is 1. The van der Waals surface area contributed by atoms with E-state index in [2.05, 4.69) is 4.98 Å². The van der Waals surface area contributed by atoms with Crippen molar-refractivity contribution in [1.29, 1.82) is 0 Å². The number of pyridine rings is 1. The van der Waals surface area contributed by atoms with Crippen LogP contribution in [0, 0.1) is 5.82 Å². The van der Waals surface area contributed by atoms with Crippen molar-refractivity contribution in [2.75, 3.05) is 13.2 Å². The van der Waals surface area contributed by atoms with E-state index in [1.165, 1.54) is 29.3 Å². The highest BCUT2D eigenvalue weighted by atomic mass is 19.1. The van der Waals surface area contributed by atoms with E-state index in [0.29, 0.717) is 17.9 Å². The first-order valence-electron chi connectivity index (χ1n) is 9.44. The minimum absolute atomic E-state index is 0.0910. The number of hydrogen-bond donors (Lipinski definition) is 0. The maximum Gasteiger partial charge on any atom is 0.344 e. The minimum atomic E-state index is -0.718. The molecule has 0 spiro atoms. The molecule has 0 aliphatic rings. The first-order chi connectivity index (χ1) is 14.6. The molecule has 2 aromatic carbocycles. The Labute approximate surface area is 173 Å². The van der Waals surface area contributed by atoms with Gasteiger partial charge in [0.05, 0.1) is 0 Å². The number of amides is 1. The number of nitrogens with zero attached hydrogens (tertiary/aromatic N) is 2. The molecule has 1 amide bonds. The number of ether oxygens (including phenoxy) is 2. The fraction of sp³-hybridized carbons (Fsp3) is 0.174. The standard InChI is InChI=1S/C23H21FN2O4/c1-2-26(15-17-8-6-9-18(24)14-17)21(27)16-29-23(28)20-12-7-13-25-22(20)30-19-10-4-3-5-11-19/h3-14H,2,15-16H2,1H3. The average molecular weight is 408 g/mol. The van der Waals surface area contributed by atoms with Crippen LogP contribution in [0.3, 0.4) is 0 Å². The van der Waals surface area contributed by atoms with Crippen molar-refractivity contribution in [3.05, 3.63) is 89.9 Å². The molecule has 30 heavy (non-hydrogen) atoms. The van der Waals surface area contributed by atoms with Crippen LogP contribution in [-0.4, -0.2) is 34.9 Å². The zero-order valence-electron chi connectivity index (χ0n) is 16.5. The quantitative estimate of drug-likeness (QED) is 0.522. The lowest BCUT2D eigenvalue weighted by molar-refractivity contribution is -0.135. The summed E-state index contributed by atoms with van der Waals surface area (Å²) in [6, 6.07) is 18.0. The Morgan fingerprint density at radius 1 is 1.03 bits per heavy atom. The third-order valence-electron chi connectivity index (χ3n) is 4.27. The first-order valence-corrected chi connectivity index (χ1v) is 9.44. The summed E-state index contributed by atoms with van der Waals surface area (Å²) in [5, 5.41) is 0. The highest BCUT2D eigenvalue weighted by Gasteiger charge is 2.19. The number of hydrogen-bond acceptors (Lipinski definition) is 5. The lowest BCUT2D eigenvalue weighted by Crippen LogP contribution is -2.34. The normalized spacial score (nSPS) is 10.3. The van der Waals surface area contributed by atoms with Gasteiger partial charge in [-0.3, -0.25) is 4.79 Å². The van der Waals surface area contributed by atoms with Crippen LogP contribution in [0.2, 0.25) is 0 Å². The maximum atomic E-state index is 13.4. The minimum Gasteiger partial charge on any atom is -0.452 e. The van der Waals surface area contributed by atoms with Gasteiger partial charge in [-0.25, -0.2) is 14.2 Å². The van der Waals surface area contributed by atoms with Gasteiger partial charge in [-0.1, -0.05) is 30.3 Å². The molecule has 0 bridgehead atoms. The van der Waals surface area contributed by atoms with Crippen LogP contribution in [0.5, 0.6) is 11.6 Å². The number of carbonyl (C=O) groups excluding carboxylic acids is 2. The van der Waals surface area contributed by atoms with E-state index in [-0.39, 0.29) is 29.7 Å². The zero-order valence-corrected chi connectivity index (χ0v) is 16.5. The number of benzene rings is 2. The molecule has 1 heterocycles. The molecule has 0 atom stereocenters. The summed E-state index contributed by atoms with van der Waals surface area (Å²) in [5.41, 5.74) is 0.768. The molecule has 0 radical (unpaired) electrons. The third kappa shape index (κ3) is 5.64. The predicted octanol–water partition coefficient (Wildman–Crippen LogP) is 4.22. The summed E-state index contributed by atoms with van der Waals surface area (Å²) < 4.78 is 24.2. The van der Waals surface area contributed by atoms with Crippen LogP contribution in [0.1, 0.15) is 22.8 Å². The molecular formula is C23H21FN2O4. The first kappa shape index (κ1) is 21.0. The molecular weight excluding hydrogens is 387 g/mol. The second-order valence-corrected chi connectivity index (χ2v) is 6.39. The van der Waals surface area contributed by atoms with Gasteiger partial charge in [0.15, 0.2) is 6.61 Å². The van der Waals surface area contributed by atoms with Crippen molar-refractivity contribution in [2.45, 2.75) is 13.5 Å². The Hall–Kier alpha value is -3.74. The molecule has 1 aromatic heterocycles. The molecule has 0 fully saturated rings. The van der Waals surface area contributed by atoms with E-state index < -0.39 is 12.6 Å². The molecule has 6 nitrogen and oxygen atoms in total. The van der Waals surface area contributed by atoms with Gasteiger partial charge in [0.2, 0.25) is 5.88 Å². The summed E-state index contributed by atoms with van der Waals surface area (Å²) in [6.45, 7) is 1.97. The van der Waals surface area contributed by atoms with Gasteiger partial charge in [-0.15, -0.1) is 0 Å². The molecule has 0 aliphatic carbocycles. The van der Waals surface area contributed by atoms with E-state index in [1.807, 2.05) is 6.07 Å². The summed E-state index contributed by atoms with van der Waals surface area (Å²) >= 11 is 0. The number of likely N-dealkylation sites (N-methyl/N-ethyl adjacent to an activating group) is 1. The smallest absolute Gasteiger partial charge is 0.344 e. The van der Waals surface area contributed by atoms with E-state index >= 15 is 0 Å². The van der Waals surface area contributed by atoms with Gasteiger partial charge in [-0.2, -0.15) is 0 Å². The van der Waals surface area contributed by atoms with Gasteiger partial charge in [-0.05, 0) is 48.9 Å².